The molecular weight excluding hydrogens is 528 g/mol. The van der Waals surface area contributed by atoms with Gasteiger partial charge in [0.1, 0.15) is 43.2 Å². The lowest BCUT2D eigenvalue weighted by Crippen LogP contribution is -2.30. The molecule has 5 aromatic rings. The second-order valence-corrected chi connectivity index (χ2v) is 10.3. The number of ether oxygens (including phenoxy) is 4. The van der Waals surface area contributed by atoms with Crippen molar-refractivity contribution in [2.24, 2.45) is 0 Å². The molecule has 0 saturated heterocycles. The second-order valence-electron chi connectivity index (χ2n) is 10.3. The Kier molecular flexibility index (Phi) is 8.24. The molecule has 2 N–H and O–H groups in total. The Bertz CT molecular complexity index is 1610. The largest absolute Gasteiger partial charge is 0.504 e. The smallest absolute Gasteiger partial charge is 0.161 e. The third kappa shape index (κ3) is 6.51. The van der Waals surface area contributed by atoms with Gasteiger partial charge in [-0.25, -0.2) is 0 Å². The van der Waals surface area contributed by atoms with Gasteiger partial charge in [-0.3, -0.25) is 0 Å². The summed E-state index contributed by atoms with van der Waals surface area (Å²) in [7, 11) is 0. The van der Waals surface area contributed by atoms with Crippen molar-refractivity contribution >= 4 is 0 Å². The Balaban J connectivity index is 1.26. The van der Waals surface area contributed by atoms with Gasteiger partial charge < -0.3 is 29.2 Å². The van der Waals surface area contributed by atoms with Crippen LogP contribution in [0.4, 0.5) is 0 Å². The first-order valence-corrected chi connectivity index (χ1v) is 14.0. The summed E-state index contributed by atoms with van der Waals surface area (Å²) in [5.41, 5.74) is 4.53. The first kappa shape index (κ1) is 27.2. The van der Waals surface area contributed by atoms with Gasteiger partial charge in [0.2, 0.25) is 0 Å². The number of aromatic hydroxyl groups is 1. The van der Waals surface area contributed by atoms with Crippen LogP contribution in [0, 0.1) is 0 Å². The first-order chi connectivity index (χ1) is 20.6. The fraction of sp³-hybridized carbons (Fsp3) is 0.167. The fourth-order valence-corrected chi connectivity index (χ4v) is 4.97. The third-order valence-electron chi connectivity index (χ3n) is 7.19. The summed E-state index contributed by atoms with van der Waals surface area (Å²) in [5.74, 6) is 2.14. The van der Waals surface area contributed by atoms with Crippen molar-refractivity contribution < 1.29 is 29.2 Å². The average Bonchev–Trinajstić information content (AvgIpc) is 3.04. The molecule has 1 aliphatic rings. The van der Waals surface area contributed by atoms with Crippen molar-refractivity contribution in [1.29, 1.82) is 0 Å². The van der Waals surface area contributed by atoms with E-state index in [1.807, 2.05) is 103 Å². The molecule has 0 radical (unpaired) electrons. The lowest BCUT2D eigenvalue weighted by molar-refractivity contribution is 0.0192. The van der Waals surface area contributed by atoms with E-state index in [0.29, 0.717) is 54.8 Å². The standard InChI is InChI=1S/C36H32O6/c37-31-17-16-28(18-35(31)41-24-27-14-8-3-9-15-27)36-32(38)21-30-33(40-23-26-12-6-2-7-13-26)19-29(20-34(30)42-36)39-22-25-10-4-1-5-11-25/h1-20,32,36-38H,21-24H2/t32-,36+/m0/s1. The van der Waals surface area contributed by atoms with E-state index in [1.54, 1.807) is 18.2 Å². The minimum atomic E-state index is -0.848. The molecule has 0 aliphatic carbocycles. The number of phenols is 1. The van der Waals surface area contributed by atoms with E-state index >= 15 is 0 Å². The SMILES string of the molecule is Oc1ccc([C@H]2Oc3cc(OCc4ccccc4)cc(OCc4ccccc4)c3C[C@@H]2O)cc1OCc1ccccc1. The molecule has 0 aromatic heterocycles. The monoisotopic (exact) mass is 560 g/mol. The minimum Gasteiger partial charge on any atom is -0.504 e. The van der Waals surface area contributed by atoms with Gasteiger partial charge in [0.15, 0.2) is 11.5 Å². The van der Waals surface area contributed by atoms with Crippen molar-refractivity contribution in [3.05, 3.63) is 149 Å². The maximum atomic E-state index is 11.3. The maximum absolute atomic E-state index is 11.3. The number of benzene rings is 5. The van der Waals surface area contributed by atoms with Crippen LogP contribution in [0.2, 0.25) is 0 Å². The van der Waals surface area contributed by atoms with Crippen LogP contribution in [0.5, 0.6) is 28.7 Å². The highest BCUT2D eigenvalue weighted by molar-refractivity contribution is 5.53. The molecule has 6 rings (SSSR count). The van der Waals surface area contributed by atoms with Crippen LogP contribution in [0.15, 0.2) is 121 Å². The molecule has 0 spiro atoms. The quantitative estimate of drug-likeness (QED) is 0.189. The van der Waals surface area contributed by atoms with Gasteiger partial charge in [-0.2, -0.15) is 0 Å². The molecule has 2 atom stereocenters. The van der Waals surface area contributed by atoms with E-state index in [-0.39, 0.29) is 5.75 Å². The number of fused-ring (bicyclic) bond motifs is 1. The molecule has 0 bridgehead atoms. The number of hydrogen-bond donors (Lipinski definition) is 2. The van der Waals surface area contributed by atoms with Crippen LogP contribution in [0.1, 0.15) is 33.9 Å². The predicted molar refractivity (Wildman–Crippen MR) is 160 cm³/mol. The number of rotatable bonds is 10. The van der Waals surface area contributed by atoms with Crippen LogP contribution >= 0.6 is 0 Å². The van der Waals surface area contributed by atoms with E-state index in [0.717, 1.165) is 22.3 Å². The highest BCUT2D eigenvalue weighted by Gasteiger charge is 2.33. The molecule has 5 aromatic carbocycles. The molecule has 42 heavy (non-hydrogen) atoms. The molecule has 212 valence electrons. The number of phenolic OH excluding ortho intramolecular Hbond substituents is 1. The van der Waals surface area contributed by atoms with Crippen molar-refractivity contribution in [2.45, 2.75) is 38.4 Å². The molecule has 1 heterocycles. The highest BCUT2D eigenvalue weighted by atomic mass is 16.5. The molecule has 0 saturated carbocycles. The van der Waals surface area contributed by atoms with E-state index in [2.05, 4.69) is 0 Å². The van der Waals surface area contributed by atoms with Crippen LogP contribution in [0.3, 0.4) is 0 Å². The van der Waals surface area contributed by atoms with Crippen molar-refractivity contribution in [1.82, 2.24) is 0 Å². The van der Waals surface area contributed by atoms with E-state index < -0.39 is 12.2 Å². The van der Waals surface area contributed by atoms with Gasteiger partial charge >= 0.3 is 0 Å². The molecule has 0 fully saturated rings. The third-order valence-corrected chi connectivity index (χ3v) is 7.19. The van der Waals surface area contributed by atoms with Crippen molar-refractivity contribution in [3.8, 4) is 28.7 Å². The van der Waals surface area contributed by atoms with Gasteiger partial charge in [-0.05, 0) is 34.4 Å². The zero-order valence-electron chi connectivity index (χ0n) is 23.1. The van der Waals surface area contributed by atoms with Crippen LogP contribution in [-0.2, 0) is 26.2 Å². The van der Waals surface area contributed by atoms with Crippen molar-refractivity contribution in [3.63, 3.8) is 0 Å². The number of aliphatic hydroxyl groups is 1. The first-order valence-electron chi connectivity index (χ1n) is 14.0. The Morgan fingerprint density at radius 3 is 1.76 bits per heavy atom. The van der Waals surface area contributed by atoms with Crippen LogP contribution in [0.25, 0.3) is 0 Å². The molecular formula is C36H32O6. The van der Waals surface area contributed by atoms with E-state index in [1.165, 1.54) is 0 Å². The lowest BCUT2D eigenvalue weighted by atomic mass is 9.93. The molecule has 6 nitrogen and oxygen atoms in total. The minimum absolute atomic E-state index is 0.0218. The van der Waals surface area contributed by atoms with Crippen LogP contribution in [-0.4, -0.2) is 16.3 Å². The zero-order chi connectivity index (χ0) is 28.7. The van der Waals surface area contributed by atoms with Gasteiger partial charge in [0, 0.05) is 24.1 Å². The Morgan fingerprint density at radius 1 is 0.619 bits per heavy atom. The molecule has 6 heteroatoms. The fourth-order valence-electron chi connectivity index (χ4n) is 4.97. The summed E-state index contributed by atoms with van der Waals surface area (Å²) in [5, 5.41) is 21.7. The normalized spacial score (nSPS) is 15.7. The lowest BCUT2D eigenvalue weighted by Gasteiger charge is -2.32. The summed E-state index contributed by atoms with van der Waals surface area (Å²) in [6.07, 6.45) is -1.20. The van der Waals surface area contributed by atoms with E-state index in [9.17, 15) is 10.2 Å². The average molecular weight is 561 g/mol. The van der Waals surface area contributed by atoms with Gasteiger partial charge in [0.05, 0.1) is 6.10 Å². The summed E-state index contributed by atoms with van der Waals surface area (Å²) >= 11 is 0. The van der Waals surface area contributed by atoms with Crippen molar-refractivity contribution in [2.75, 3.05) is 0 Å². The summed E-state index contributed by atoms with van der Waals surface area (Å²) in [6.45, 7) is 1.07. The Morgan fingerprint density at radius 2 is 1.17 bits per heavy atom. The van der Waals surface area contributed by atoms with Gasteiger partial charge in [0.25, 0.3) is 0 Å². The molecule has 0 unspecified atom stereocenters. The topological polar surface area (TPSA) is 77.4 Å². The Hall–Kier alpha value is -4.94. The molecule has 1 aliphatic heterocycles. The Labute approximate surface area is 245 Å². The summed E-state index contributed by atoms with van der Waals surface area (Å²) in [6, 6.07) is 38.3. The second kappa shape index (κ2) is 12.7. The van der Waals surface area contributed by atoms with E-state index in [4.69, 9.17) is 18.9 Å². The maximum Gasteiger partial charge on any atom is 0.161 e. The molecule has 0 amide bonds. The number of aliphatic hydroxyl groups excluding tert-OH is 1. The zero-order valence-corrected chi connectivity index (χ0v) is 23.1. The van der Waals surface area contributed by atoms with Gasteiger partial charge in [-0.15, -0.1) is 0 Å². The summed E-state index contributed by atoms with van der Waals surface area (Å²) < 4.78 is 24.8. The van der Waals surface area contributed by atoms with Gasteiger partial charge in [-0.1, -0.05) is 97.1 Å². The highest BCUT2D eigenvalue weighted by Crippen LogP contribution is 2.44. The van der Waals surface area contributed by atoms with Crippen LogP contribution < -0.4 is 18.9 Å². The number of hydrogen-bond acceptors (Lipinski definition) is 6. The summed E-state index contributed by atoms with van der Waals surface area (Å²) in [4.78, 5) is 0. The predicted octanol–water partition coefficient (Wildman–Crippen LogP) is 7.17.